The van der Waals surface area contributed by atoms with Crippen molar-refractivity contribution in [3.05, 3.63) is 34.3 Å². The van der Waals surface area contributed by atoms with Crippen molar-refractivity contribution in [3.63, 3.8) is 0 Å². The first-order valence-corrected chi connectivity index (χ1v) is 7.49. The number of anilines is 1. The number of fused-ring (bicyclic) bond motifs is 1. The molecule has 0 spiro atoms. The minimum Gasteiger partial charge on any atom is -0.454 e. The molecule has 1 aliphatic heterocycles. The Morgan fingerprint density at radius 1 is 1.25 bits per heavy atom. The van der Waals surface area contributed by atoms with Gasteiger partial charge in [0.2, 0.25) is 6.79 Å². The van der Waals surface area contributed by atoms with Crippen LogP contribution in [0.25, 0.3) is 0 Å². The van der Waals surface area contributed by atoms with Crippen LogP contribution < -0.4 is 14.8 Å². The molecule has 0 fully saturated rings. The topological polar surface area (TPSA) is 43.4 Å². The summed E-state index contributed by atoms with van der Waals surface area (Å²) in [7, 11) is 0. The average molecular weight is 290 g/mol. The van der Waals surface area contributed by atoms with E-state index < -0.39 is 0 Å². The van der Waals surface area contributed by atoms with Crippen molar-refractivity contribution < 1.29 is 9.47 Å². The first kappa shape index (κ1) is 13.2. The highest BCUT2D eigenvalue weighted by Gasteiger charge is 2.18. The largest absolute Gasteiger partial charge is 0.454 e. The number of rotatable bonds is 3. The van der Waals surface area contributed by atoms with Crippen LogP contribution in [0.5, 0.6) is 11.5 Å². The summed E-state index contributed by atoms with van der Waals surface area (Å²) < 4.78 is 10.7. The van der Waals surface area contributed by atoms with Crippen molar-refractivity contribution in [1.82, 2.24) is 4.98 Å². The highest BCUT2D eigenvalue weighted by molar-refractivity contribution is 7.09. The molecule has 1 aliphatic rings. The highest BCUT2D eigenvalue weighted by Crippen LogP contribution is 2.34. The minimum absolute atomic E-state index is 0.113. The molecule has 4 nitrogen and oxygen atoms in total. The molecule has 1 aromatic carbocycles. The molecule has 1 aromatic heterocycles. The van der Waals surface area contributed by atoms with Gasteiger partial charge >= 0.3 is 0 Å². The summed E-state index contributed by atoms with van der Waals surface area (Å²) in [5, 5.41) is 6.64. The number of nitrogens with zero attached hydrogens (tertiary/aromatic N) is 1. The summed E-state index contributed by atoms with van der Waals surface area (Å²) in [6, 6.07) is 5.87. The zero-order valence-corrected chi connectivity index (χ0v) is 12.7. The highest BCUT2D eigenvalue weighted by atomic mass is 32.1. The summed E-state index contributed by atoms with van der Waals surface area (Å²) in [5.74, 6) is 1.60. The predicted molar refractivity (Wildman–Crippen MR) is 80.7 cm³/mol. The van der Waals surface area contributed by atoms with E-state index in [0.717, 1.165) is 22.9 Å². The van der Waals surface area contributed by atoms with Gasteiger partial charge in [0.05, 0.1) is 17.2 Å². The molecule has 0 saturated carbocycles. The Morgan fingerprint density at radius 2 is 2.05 bits per heavy atom. The third-order valence-electron chi connectivity index (χ3n) is 3.04. The third kappa shape index (κ3) is 2.72. The van der Waals surface area contributed by atoms with Crippen LogP contribution in [-0.2, 0) is 12.0 Å². The maximum absolute atomic E-state index is 5.36. The Balaban J connectivity index is 1.66. The van der Waals surface area contributed by atoms with Gasteiger partial charge < -0.3 is 14.8 Å². The number of aromatic nitrogens is 1. The molecule has 2 heterocycles. The zero-order chi connectivity index (χ0) is 14.2. The Bertz CT molecular complexity index is 617. The van der Waals surface area contributed by atoms with E-state index in [0.29, 0.717) is 13.3 Å². The van der Waals surface area contributed by atoms with E-state index in [1.807, 2.05) is 18.2 Å². The SMILES string of the molecule is CC(C)(C)c1nc(CNc2ccc3c(c2)OCO3)cs1. The van der Waals surface area contributed by atoms with Crippen molar-refractivity contribution in [2.24, 2.45) is 0 Å². The van der Waals surface area contributed by atoms with Crippen LogP contribution in [-0.4, -0.2) is 11.8 Å². The first-order chi connectivity index (χ1) is 9.52. The van der Waals surface area contributed by atoms with E-state index in [1.165, 1.54) is 5.01 Å². The summed E-state index contributed by atoms with van der Waals surface area (Å²) in [4.78, 5) is 4.67. The van der Waals surface area contributed by atoms with Gasteiger partial charge in [0.25, 0.3) is 0 Å². The molecule has 0 bridgehead atoms. The van der Waals surface area contributed by atoms with E-state index in [2.05, 4.69) is 36.5 Å². The maximum atomic E-state index is 5.36. The molecule has 2 aromatic rings. The summed E-state index contributed by atoms with van der Waals surface area (Å²) >= 11 is 1.72. The molecular formula is C15H18N2O2S. The lowest BCUT2D eigenvalue weighted by Crippen LogP contribution is -2.11. The molecule has 0 atom stereocenters. The molecule has 0 aliphatic carbocycles. The van der Waals surface area contributed by atoms with Crippen molar-refractivity contribution >= 4 is 17.0 Å². The zero-order valence-electron chi connectivity index (χ0n) is 11.9. The lowest BCUT2D eigenvalue weighted by atomic mass is 9.98. The van der Waals surface area contributed by atoms with Gasteiger partial charge in [-0.25, -0.2) is 4.98 Å². The van der Waals surface area contributed by atoms with Crippen LogP contribution in [0.3, 0.4) is 0 Å². The van der Waals surface area contributed by atoms with Gasteiger partial charge in [0.1, 0.15) is 0 Å². The molecule has 0 radical (unpaired) electrons. The smallest absolute Gasteiger partial charge is 0.231 e. The van der Waals surface area contributed by atoms with Gasteiger partial charge in [-0.15, -0.1) is 11.3 Å². The first-order valence-electron chi connectivity index (χ1n) is 6.61. The third-order valence-corrected chi connectivity index (χ3v) is 4.36. The van der Waals surface area contributed by atoms with E-state index in [1.54, 1.807) is 11.3 Å². The lowest BCUT2D eigenvalue weighted by molar-refractivity contribution is 0.174. The summed E-state index contributed by atoms with van der Waals surface area (Å²) in [5.41, 5.74) is 2.19. The van der Waals surface area contributed by atoms with Crippen molar-refractivity contribution in [3.8, 4) is 11.5 Å². The molecule has 1 N–H and O–H groups in total. The maximum Gasteiger partial charge on any atom is 0.231 e. The molecule has 106 valence electrons. The van der Waals surface area contributed by atoms with Crippen LogP contribution in [0, 0.1) is 0 Å². The molecule has 0 amide bonds. The number of hydrogen-bond acceptors (Lipinski definition) is 5. The minimum atomic E-state index is 0.113. The van der Waals surface area contributed by atoms with Gasteiger partial charge in [0.15, 0.2) is 11.5 Å². The predicted octanol–water partition coefficient (Wildman–Crippen LogP) is 3.78. The molecule has 0 saturated heterocycles. The summed E-state index contributed by atoms with van der Waals surface area (Å²) in [6.07, 6.45) is 0. The van der Waals surface area contributed by atoms with E-state index in [-0.39, 0.29) is 5.41 Å². The van der Waals surface area contributed by atoms with Gasteiger partial charge in [-0.3, -0.25) is 0 Å². The van der Waals surface area contributed by atoms with Crippen molar-refractivity contribution in [2.75, 3.05) is 12.1 Å². The van der Waals surface area contributed by atoms with E-state index in [4.69, 9.17) is 9.47 Å². The van der Waals surface area contributed by atoms with Gasteiger partial charge in [-0.05, 0) is 12.1 Å². The Labute approximate surface area is 122 Å². The van der Waals surface area contributed by atoms with Gasteiger partial charge in [-0.1, -0.05) is 20.8 Å². The summed E-state index contributed by atoms with van der Waals surface area (Å²) in [6.45, 7) is 7.56. The Morgan fingerprint density at radius 3 is 2.80 bits per heavy atom. The van der Waals surface area contributed by atoms with Crippen LogP contribution in [0.15, 0.2) is 23.6 Å². The number of nitrogens with one attached hydrogen (secondary N) is 1. The van der Waals surface area contributed by atoms with Gasteiger partial charge in [-0.2, -0.15) is 0 Å². The van der Waals surface area contributed by atoms with Crippen LogP contribution >= 0.6 is 11.3 Å². The van der Waals surface area contributed by atoms with Crippen LogP contribution in [0.2, 0.25) is 0 Å². The van der Waals surface area contributed by atoms with Crippen LogP contribution in [0.1, 0.15) is 31.5 Å². The molecule has 5 heteroatoms. The standard InChI is InChI=1S/C15H18N2O2S/c1-15(2,3)14-17-11(8-20-14)7-16-10-4-5-12-13(6-10)19-9-18-12/h4-6,8,16H,7,9H2,1-3H3. The van der Waals surface area contributed by atoms with Crippen molar-refractivity contribution in [1.29, 1.82) is 0 Å². The lowest BCUT2D eigenvalue weighted by Gasteiger charge is -2.13. The normalized spacial score (nSPS) is 13.6. The fourth-order valence-corrected chi connectivity index (χ4v) is 2.84. The fourth-order valence-electron chi connectivity index (χ4n) is 1.93. The second-order valence-electron chi connectivity index (χ2n) is 5.82. The quantitative estimate of drug-likeness (QED) is 0.934. The Hall–Kier alpha value is -1.75. The van der Waals surface area contributed by atoms with E-state index in [9.17, 15) is 0 Å². The second kappa shape index (κ2) is 4.98. The average Bonchev–Trinajstić information content (AvgIpc) is 3.04. The molecule has 3 rings (SSSR count). The monoisotopic (exact) mass is 290 g/mol. The van der Waals surface area contributed by atoms with E-state index >= 15 is 0 Å². The Kier molecular flexibility index (Phi) is 3.30. The number of benzene rings is 1. The molecular weight excluding hydrogens is 272 g/mol. The second-order valence-corrected chi connectivity index (χ2v) is 6.67. The number of thiazole rings is 1. The van der Waals surface area contributed by atoms with Gasteiger partial charge in [0, 0.05) is 22.5 Å². The molecule has 0 unspecified atom stereocenters. The number of ether oxygens (including phenoxy) is 2. The van der Waals surface area contributed by atoms with Crippen LogP contribution in [0.4, 0.5) is 5.69 Å². The fraction of sp³-hybridized carbons (Fsp3) is 0.400. The number of hydrogen-bond donors (Lipinski definition) is 1. The van der Waals surface area contributed by atoms with Crippen molar-refractivity contribution in [2.45, 2.75) is 32.7 Å². The molecule has 20 heavy (non-hydrogen) atoms.